The van der Waals surface area contributed by atoms with Crippen LogP contribution in [-0.4, -0.2) is 37.8 Å². The summed E-state index contributed by atoms with van der Waals surface area (Å²) in [7, 11) is -8.52. The zero-order chi connectivity index (χ0) is 17.8. The first-order valence-corrected chi connectivity index (χ1v) is 9.48. The number of hydrogen-bond donors (Lipinski definition) is 1. The predicted octanol–water partition coefficient (Wildman–Crippen LogP) is 1.76. The fourth-order valence-corrected chi connectivity index (χ4v) is 3.29. The molecule has 0 saturated carbocycles. The summed E-state index contributed by atoms with van der Waals surface area (Å²) in [6, 6.07) is 1.08. The Morgan fingerprint density at radius 1 is 1.22 bits per heavy atom. The second kappa shape index (κ2) is 7.38. The first-order chi connectivity index (χ1) is 10.4. The number of nitro benzene ring substituents is 1. The molecule has 0 spiro atoms. The highest BCUT2D eigenvalue weighted by Gasteiger charge is 2.22. The highest BCUT2D eigenvalue weighted by Crippen LogP contribution is 2.32. The van der Waals surface area contributed by atoms with Crippen LogP contribution in [0.4, 0.5) is 10.1 Å². The summed E-state index contributed by atoms with van der Waals surface area (Å²) in [5.74, 6) is -3.40. The largest absolute Gasteiger partial charge is 0.379 e. The molecule has 0 aliphatic carbocycles. The van der Waals surface area contributed by atoms with Crippen LogP contribution in [0.15, 0.2) is 12.1 Å². The number of benzene rings is 1. The molecule has 0 atom stereocenters. The third-order valence-corrected chi connectivity index (χ3v) is 4.79. The summed E-state index contributed by atoms with van der Waals surface area (Å²) in [6.07, 6.45) is -0.343. The van der Waals surface area contributed by atoms with E-state index in [1.807, 2.05) is 0 Å². The molecular formula is C10H11ClFNO8S2. The number of hydrogen-bond acceptors (Lipinski definition) is 7. The van der Waals surface area contributed by atoms with Crippen molar-refractivity contribution in [1.82, 2.24) is 0 Å². The Balaban J connectivity index is 2.81. The van der Waals surface area contributed by atoms with Crippen molar-refractivity contribution in [2.45, 2.75) is 12.8 Å². The van der Waals surface area contributed by atoms with Crippen molar-refractivity contribution >= 4 is 37.5 Å². The molecule has 0 amide bonds. The molecular weight excluding hydrogens is 381 g/mol. The van der Waals surface area contributed by atoms with Gasteiger partial charge in [-0.25, -0.2) is 4.39 Å². The molecule has 0 heterocycles. The van der Waals surface area contributed by atoms with Gasteiger partial charge < -0.3 is 4.18 Å². The van der Waals surface area contributed by atoms with E-state index in [1.165, 1.54) is 0 Å². The molecule has 1 N–H and O–H groups in total. The fourth-order valence-electron chi connectivity index (χ4n) is 1.46. The lowest BCUT2D eigenvalue weighted by molar-refractivity contribution is -0.384. The minimum Gasteiger partial charge on any atom is -0.379 e. The maximum absolute atomic E-state index is 13.6. The molecule has 130 valence electrons. The molecule has 1 aromatic rings. The Labute approximate surface area is 136 Å². The van der Waals surface area contributed by atoms with Crippen molar-refractivity contribution in [3.05, 3.63) is 33.1 Å². The van der Waals surface area contributed by atoms with Gasteiger partial charge in [-0.1, -0.05) is 11.6 Å². The van der Waals surface area contributed by atoms with Gasteiger partial charge >= 0.3 is 10.1 Å². The molecule has 0 bridgehead atoms. The summed E-state index contributed by atoms with van der Waals surface area (Å²) in [5, 5.41) is 10.1. The van der Waals surface area contributed by atoms with Gasteiger partial charge in [-0.2, -0.15) is 16.8 Å². The van der Waals surface area contributed by atoms with E-state index in [1.54, 1.807) is 0 Å². The Bertz CT molecular complexity index is 808. The second-order valence-electron chi connectivity index (χ2n) is 4.33. The molecule has 23 heavy (non-hydrogen) atoms. The van der Waals surface area contributed by atoms with Gasteiger partial charge in [0.05, 0.1) is 22.5 Å². The summed E-state index contributed by atoms with van der Waals surface area (Å²) in [4.78, 5) is 9.73. The Hall–Kier alpha value is -1.50. The van der Waals surface area contributed by atoms with Gasteiger partial charge in [0.15, 0.2) is 11.6 Å². The van der Waals surface area contributed by atoms with Gasteiger partial charge in [-0.3, -0.25) is 14.7 Å². The maximum atomic E-state index is 13.6. The molecule has 0 fully saturated rings. The van der Waals surface area contributed by atoms with Crippen LogP contribution in [-0.2, 0) is 20.2 Å². The summed E-state index contributed by atoms with van der Waals surface area (Å²) in [5.41, 5.74) is -0.732. The zero-order valence-electron chi connectivity index (χ0n) is 11.3. The molecule has 0 aliphatic rings. The molecule has 1 rings (SSSR count). The predicted molar refractivity (Wildman–Crippen MR) is 78.1 cm³/mol. The van der Waals surface area contributed by atoms with Crippen LogP contribution < -0.4 is 4.18 Å². The van der Waals surface area contributed by atoms with Crippen LogP contribution in [0.3, 0.4) is 0 Å². The van der Waals surface area contributed by atoms with E-state index in [0.29, 0.717) is 12.1 Å². The lowest BCUT2D eigenvalue weighted by atomic mass is 10.3. The summed E-state index contributed by atoms with van der Waals surface area (Å²) >= 11 is 5.45. The van der Waals surface area contributed by atoms with Gasteiger partial charge in [0.1, 0.15) is 5.02 Å². The van der Waals surface area contributed by atoms with Gasteiger partial charge in [0.25, 0.3) is 15.8 Å². The van der Waals surface area contributed by atoms with Crippen LogP contribution >= 0.6 is 11.6 Å². The van der Waals surface area contributed by atoms with Crippen molar-refractivity contribution < 1.29 is 34.9 Å². The molecule has 1 aromatic carbocycles. The number of halogens is 2. The van der Waals surface area contributed by atoms with Gasteiger partial charge in [0.2, 0.25) is 0 Å². The van der Waals surface area contributed by atoms with Crippen molar-refractivity contribution in [3.63, 3.8) is 0 Å². The number of nitrogens with zero attached hydrogens (tertiary/aromatic N) is 1. The smallest absolute Gasteiger partial charge is 0.309 e. The standard InChI is InChI=1S/C10H11ClFNO8S2/c11-7-5-8(12)10(6-9(7)13(14)15)21-23(19,20)4-2-1-3-22(16,17)18/h5-6H,1-4H2,(H,16,17,18). The maximum Gasteiger partial charge on any atom is 0.309 e. The Kier molecular flexibility index (Phi) is 6.27. The van der Waals surface area contributed by atoms with E-state index in [4.69, 9.17) is 16.2 Å². The lowest BCUT2D eigenvalue weighted by Crippen LogP contribution is -2.16. The zero-order valence-corrected chi connectivity index (χ0v) is 13.7. The van der Waals surface area contributed by atoms with Gasteiger partial charge in [0, 0.05) is 6.07 Å². The Morgan fingerprint density at radius 3 is 2.30 bits per heavy atom. The lowest BCUT2D eigenvalue weighted by Gasteiger charge is -2.08. The SMILES string of the molecule is O=[N+]([O-])c1cc(OS(=O)(=O)CCCCS(=O)(=O)O)c(F)cc1Cl. The third kappa shape index (κ3) is 6.64. The van der Waals surface area contributed by atoms with Crippen LogP contribution in [0.5, 0.6) is 5.75 Å². The molecule has 0 unspecified atom stereocenters. The van der Waals surface area contributed by atoms with E-state index in [9.17, 15) is 31.3 Å². The van der Waals surface area contributed by atoms with Gasteiger partial charge in [-0.05, 0) is 12.8 Å². The average molecular weight is 392 g/mol. The van der Waals surface area contributed by atoms with Crippen molar-refractivity contribution in [2.75, 3.05) is 11.5 Å². The normalized spacial score (nSPS) is 12.1. The Morgan fingerprint density at radius 2 is 1.78 bits per heavy atom. The minimum absolute atomic E-state index is 0.162. The summed E-state index contributed by atoms with van der Waals surface area (Å²) in [6.45, 7) is 0. The molecule has 0 radical (unpaired) electrons. The topological polar surface area (TPSA) is 141 Å². The van der Waals surface area contributed by atoms with E-state index >= 15 is 0 Å². The number of unbranched alkanes of at least 4 members (excludes halogenated alkanes) is 1. The van der Waals surface area contributed by atoms with E-state index in [-0.39, 0.29) is 12.8 Å². The van der Waals surface area contributed by atoms with Crippen molar-refractivity contribution in [2.24, 2.45) is 0 Å². The molecule has 13 heteroatoms. The van der Waals surface area contributed by atoms with Crippen LogP contribution in [0.25, 0.3) is 0 Å². The first kappa shape index (κ1) is 19.5. The van der Waals surface area contributed by atoms with Crippen molar-refractivity contribution in [1.29, 1.82) is 0 Å². The molecule has 0 aliphatic heterocycles. The molecule has 9 nitrogen and oxygen atoms in total. The molecule has 0 saturated heterocycles. The highest BCUT2D eigenvalue weighted by atomic mass is 35.5. The number of rotatable bonds is 8. The summed E-state index contributed by atoms with van der Waals surface area (Å²) < 4.78 is 70.7. The minimum atomic E-state index is -4.31. The second-order valence-corrected chi connectivity index (χ2v) is 8.00. The first-order valence-electron chi connectivity index (χ1n) is 5.92. The average Bonchev–Trinajstić information content (AvgIpc) is 2.36. The van der Waals surface area contributed by atoms with E-state index < -0.39 is 58.9 Å². The van der Waals surface area contributed by atoms with Gasteiger partial charge in [-0.15, -0.1) is 0 Å². The fraction of sp³-hybridized carbons (Fsp3) is 0.400. The van der Waals surface area contributed by atoms with Crippen molar-refractivity contribution in [3.8, 4) is 5.75 Å². The molecule has 0 aromatic heterocycles. The van der Waals surface area contributed by atoms with Crippen LogP contribution in [0.2, 0.25) is 5.02 Å². The van der Waals surface area contributed by atoms with Crippen LogP contribution in [0, 0.1) is 15.9 Å². The van der Waals surface area contributed by atoms with E-state index in [0.717, 1.165) is 0 Å². The quantitative estimate of drug-likeness (QED) is 0.232. The number of nitro groups is 1. The highest BCUT2D eigenvalue weighted by molar-refractivity contribution is 7.87. The van der Waals surface area contributed by atoms with E-state index in [2.05, 4.69) is 4.18 Å². The monoisotopic (exact) mass is 391 g/mol. The van der Waals surface area contributed by atoms with Crippen LogP contribution in [0.1, 0.15) is 12.8 Å². The third-order valence-electron chi connectivity index (χ3n) is 2.46.